The normalized spacial score (nSPS) is 9.32. The number of aromatic hydroxyl groups is 1. The van der Waals surface area contributed by atoms with Crippen molar-refractivity contribution in [3.63, 3.8) is 0 Å². The lowest BCUT2D eigenvalue weighted by Gasteiger charge is -2.01. The van der Waals surface area contributed by atoms with E-state index in [0.29, 0.717) is 0 Å². The molecule has 3 nitrogen and oxygen atoms in total. The summed E-state index contributed by atoms with van der Waals surface area (Å²) < 4.78 is 0. The van der Waals surface area contributed by atoms with Gasteiger partial charge in [-0.05, 0) is 42.5 Å². The van der Waals surface area contributed by atoms with Crippen molar-refractivity contribution in [2.75, 3.05) is 5.32 Å². The number of anilines is 1. The van der Waals surface area contributed by atoms with Crippen LogP contribution in [-0.2, 0) is 4.79 Å². The highest BCUT2D eigenvalue weighted by atomic mass is 16.3. The Labute approximate surface area is 111 Å². The Morgan fingerprint density at radius 2 is 1.74 bits per heavy atom. The first-order chi connectivity index (χ1) is 9.13. The number of carbonyl (C=O) groups is 1. The lowest BCUT2D eigenvalue weighted by atomic mass is 10.1. The van der Waals surface area contributed by atoms with E-state index < -0.39 is 0 Å². The molecule has 94 valence electrons. The highest BCUT2D eigenvalue weighted by Gasteiger charge is 1.95. The van der Waals surface area contributed by atoms with Gasteiger partial charge in [0.05, 0.1) is 0 Å². The minimum Gasteiger partial charge on any atom is -0.508 e. The number of hydrogen-bond acceptors (Lipinski definition) is 2. The van der Waals surface area contributed by atoms with Crippen molar-refractivity contribution < 1.29 is 9.90 Å². The largest absolute Gasteiger partial charge is 0.508 e. The quantitative estimate of drug-likeness (QED) is 0.766. The van der Waals surface area contributed by atoms with E-state index in [4.69, 9.17) is 0 Å². The number of carbonyl (C=O) groups excluding carboxylic acids is 1. The van der Waals surface area contributed by atoms with Crippen LogP contribution in [0.25, 0.3) is 0 Å². The summed E-state index contributed by atoms with van der Waals surface area (Å²) in [6.45, 7) is 1.47. The Morgan fingerprint density at radius 1 is 1.05 bits per heavy atom. The summed E-state index contributed by atoms with van der Waals surface area (Å²) in [7, 11) is 0. The van der Waals surface area contributed by atoms with Gasteiger partial charge < -0.3 is 10.4 Å². The molecule has 3 heteroatoms. The highest BCUT2D eigenvalue weighted by molar-refractivity contribution is 5.88. The van der Waals surface area contributed by atoms with Crippen molar-refractivity contribution in [1.82, 2.24) is 0 Å². The average Bonchev–Trinajstić information content (AvgIpc) is 2.38. The van der Waals surface area contributed by atoms with Gasteiger partial charge in [0.2, 0.25) is 5.91 Å². The van der Waals surface area contributed by atoms with Crippen molar-refractivity contribution in [3.8, 4) is 17.6 Å². The molecule has 0 saturated carbocycles. The molecule has 0 fully saturated rings. The van der Waals surface area contributed by atoms with E-state index in [1.807, 2.05) is 24.3 Å². The van der Waals surface area contributed by atoms with Gasteiger partial charge in [0.15, 0.2) is 0 Å². The highest BCUT2D eigenvalue weighted by Crippen LogP contribution is 2.11. The molecule has 0 unspecified atom stereocenters. The van der Waals surface area contributed by atoms with E-state index in [0.717, 1.165) is 16.8 Å². The number of nitrogens with one attached hydrogen (secondary N) is 1. The molecule has 0 heterocycles. The van der Waals surface area contributed by atoms with Crippen LogP contribution in [0.4, 0.5) is 5.69 Å². The maximum Gasteiger partial charge on any atom is 0.221 e. The van der Waals surface area contributed by atoms with Crippen LogP contribution in [0.2, 0.25) is 0 Å². The van der Waals surface area contributed by atoms with Crippen molar-refractivity contribution >= 4 is 11.6 Å². The Kier molecular flexibility index (Phi) is 3.84. The molecule has 0 atom stereocenters. The zero-order valence-electron chi connectivity index (χ0n) is 10.5. The lowest BCUT2D eigenvalue weighted by Crippen LogP contribution is -2.05. The zero-order valence-corrected chi connectivity index (χ0v) is 10.5. The zero-order chi connectivity index (χ0) is 13.7. The van der Waals surface area contributed by atoms with Gasteiger partial charge in [0.25, 0.3) is 0 Å². The monoisotopic (exact) mass is 251 g/mol. The number of hydrogen-bond donors (Lipinski definition) is 2. The minimum absolute atomic E-state index is 0.108. The van der Waals surface area contributed by atoms with Gasteiger partial charge in [-0.3, -0.25) is 4.79 Å². The maximum absolute atomic E-state index is 11.0. The molecule has 19 heavy (non-hydrogen) atoms. The number of rotatable bonds is 1. The number of benzene rings is 2. The molecule has 2 aromatic carbocycles. The van der Waals surface area contributed by atoms with Crippen LogP contribution >= 0.6 is 0 Å². The molecule has 0 aromatic heterocycles. The minimum atomic E-state index is -0.108. The molecule has 0 saturated heterocycles. The molecule has 1 amide bonds. The van der Waals surface area contributed by atoms with Crippen LogP contribution < -0.4 is 5.32 Å². The van der Waals surface area contributed by atoms with Gasteiger partial charge in [-0.15, -0.1) is 0 Å². The van der Waals surface area contributed by atoms with Crippen LogP contribution in [0.5, 0.6) is 5.75 Å². The first kappa shape index (κ1) is 12.7. The standard InChI is InChI=1S/C16H13NO2/c1-12(18)17-15-4-2-3-14(11-15)6-5-13-7-9-16(19)10-8-13/h2-4,7-11,19H,1H3,(H,17,18). The first-order valence-corrected chi connectivity index (χ1v) is 5.82. The second-order valence-electron chi connectivity index (χ2n) is 4.06. The molecule has 0 aliphatic carbocycles. The van der Waals surface area contributed by atoms with Gasteiger partial charge >= 0.3 is 0 Å². The van der Waals surface area contributed by atoms with Gasteiger partial charge in [-0.25, -0.2) is 0 Å². The van der Waals surface area contributed by atoms with Crippen LogP contribution in [0.3, 0.4) is 0 Å². The molecule has 0 spiro atoms. The molecule has 2 rings (SSSR count). The summed E-state index contributed by atoms with van der Waals surface area (Å²) in [6.07, 6.45) is 0. The number of phenolic OH excluding ortho intramolecular Hbond substituents is 1. The maximum atomic E-state index is 11.0. The van der Waals surface area contributed by atoms with E-state index in [1.54, 1.807) is 24.3 Å². The van der Waals surface area contributed by atoms with Gasteiger partial charge in [-0.2, -0.15) is 0 Å². The predicted octanol–water partition coefficient (Wildman–Crippen LogP) is 2.75. The summed E-state index contributed by atoms with van der Waals surface area (Å²) in [5, 5.41) is 11.9. The smallest absolute Gasteiger partial charge is 0.221 e. The molecular weight excluding hydrogens is 238 g/mol. The second-order valence-corrected chi connectivity index (χ2v) is 4.06. The van der Waals surface area contributed by atoms with Crippen molar-refractivity contribution in [3.05, 3.63) is 59.7 Å². The Bertz CT molecular complexity index is 648. The number of amides is 1. The van der Waals surface area contributed by atoms with E-state index in [1.165, 1.54) is 6.92 Å². The van der Waals surface area contributed by atoms with Crippen molar-refractivity contribution in [1.29, 1.82) is 0 Å². The molecule has 0 radical (unpaired) electrons. The second kappa shape index (κ2) is 5.74. The summed E-state index contributed by atoms with van der Waals surface area (Å²) in [5.74, 6) is 6.12. The predicted molar refractivity (Wildman–Crippen MR) is 74.8 cm³/mol. The average molecular weight is 251 g/mol. The summed E-state index contributed by atoms with van der Waals surface area (Å²) in [5.41, 5.74) is 2.37. The van der Waals surface area contributed by atoms with Crippen molar-refractivity contribution in [2.24, 2.45) is 0 Å². The summed E-state index contributed by atoms with van der Waals surface area (Å²) in [6, 6.07) is 14.0. The fourth-order valence-electron chi connectivity index (χ4n) is 1.57. The topological polar surface area (TPSA) is 49.3 Å². The summed E-state index contributed by atoms with van der Waals surface area (Å²) in [4.78, 5) is 11.0. The van der Waals surface area contributed by atoms with E-state index >= 15 is 0 Å². The van der Waals surface area contributed by atoms with E-state index in [-0.39, 0.29) is 11.7 Å². The third-order valence-electron chi connectivity index (χ3n) is 2.40. The molecule has 0 bridgehead atoms. The van der Waals surface area contributed by atoms with Gasteiger partial charge in [0.1, 0.15) is 5.75 Å². The van der Waals surface area contributed by atoms with Crippen LogP contribution in [-0.4, -0.2) is 11.0 Å². The number of phenols is 1. The SMILES string of the molecule is CC(=O)Nc1cccc(C#Cc2ccc(O)cc2)c1. The third-order valence-corrected chi connectivity index (χ3v) is 2.40. The molecule has 2 N–H and O–H groups in total. The Balaban J connectivity index is 2.19. The molecule has 0 aliphatic rings. The van der Waals surface area contributed by atoms with Crippen molar-refractivity contribution in [2.45, 2.75) is 6.92 Å². The molecule has 0 aliphatic heterocycles. The van der Waals surface area contributed by atoms with E-state index in [9.17, 15) is 9.90 Å². The van der Waals surface area contributed by atoms with Gasteiger partial charge in [-0.1, -0.05) is 17.9 Å². The van der Waals surface area contributed by atoms with E-state index in [2.05, 4.69) is 17.2 Å². The summed E-state index contributed by atoms with van der Waals surface area (Å²) >= 11 is 0. The van der Waals surface area contributed by atoms with Crippen LogP contribution in [0.15, 0.2) is 48.5 Å². The first-order valence-electron chi connectivity index (χ1n) is 5.82. The Morgan fingerprint density at radius 3 is 2.42 bits per heavy atom. The molecular formula is C16H13NO2. The lowest BCUT2D eigenvalue weighted by molar-refractivity contribution is -0.114. The molecule has 2 aromatic rings. The fourth-order valence-corrected chi connectivity index (χ4v) is 1.57. The van der Waals surface area contributed by atoms with Crippen LogP contribution in [0, 0.1) is 11.8 Å². The van der Waals surface area contributed by atoms with Gasteiger partial charge in [0, 0.05) is 23.7 Å². The van der Waals surface area contributed by atoms with Crippen LogP contribution in [0.1, 0.15) is 18.1 Å². The fraction of sp³-hybridized carbons (Fsp3) is 0.0625. The Hall–Kier alpha value is -2.73. The third kappa shape index (κ3) is 3.90.